The Hall–Kier alpha value is -2.13. The van der Waals surface area contributed by atoms with Crippen molar-refractivity contribution in [1.29, 1.82) is 0 Å². The molecule has 0 aromatic heterocycles. The van der Waals surface area contributed by atoms with Crippen LogP contribution >= 0.6 is 0 Å². The van der Waals surface area contributed by atoms with Gasteiger partial charge in [-0.05, 0) is 45.1 Å². The minimum Gasteiger partial charge on any atom is -0.466 e. The second-order valence-corrected chi connectivity index (χ2v) is 6.35. The highest BCUT2D eigenvalue weighted by atomic mass is 16.5. The summed E-state index contributed by atoms with van der Waals surface area (Å²) in [6.07, 6.45) is 1.20. The number of benzene rings is 2. The summed E-state index contributed by atoms with van der Waals surface area (Å²) in [7, 11) is 4.12. The number of hydrogen-bond donors (Lipinski definition) is 0. The van der Waals surface area contributed by atoms with E-state index >= 15 is 0 Å². The molecule has 3 heteroatoms. The predicted octanol–water partition coefficient (Wildman–Crippen LogP) is 3.88. The van der Waals surface area contributed by atoms with Gasteiger partial charge in [0.25, 0.3) is 0 Å². The van der Waals surface area contributed by atoms with Gasteiger partial charge in [0.05, 0.1) is 13.0 Å². The molecule has 0 atom stereocenters. The number of carbonyl (C=O) groups is 1. The van der Waals surface area contributed by atoms with Crippen LogP contribution in [0.25, 0.3) is 0 Å². The standard InChI is InChI=1S/C21H27NO2/c1-4-24-20(23)17-21(15-16-22(2)3,18-11-7-5-8-12-18)19-13-9-6-10-14-19/h5-14H,4,15-17H2,1-3H3. The molecule has 2 aromatic carbocycles. The zero-order valence-electron chi connectivity index (χ0n) is 14.9. The quantitative estimate of drug-likeness (QED) is 0.690. The van der Waals surface area contributed by atoms with Crippen LogP contribution in [-0.2, 0) is 14.9 Å². The second-order valence-electron chi connectivity index (χ2n) is 6.35. The normalized spacial score (nSPS) is 11.5. The smallest absolute Gasteiger partial charge is 0.307 e. The molecule has 0 spiro atoms. The third-order valence-electron chi connectivity index (χ3n) is 4.39. The van der Waals surface area contributed by atoms with Crippen molar-refractivity contribution in [3.8, 4) is 0 Å². The Kier molecular flexibility index (Phi) is 6.56. The van der Waals surface area contributed by atoms with E-state index in [-0.39, 0.29) is 11.4 Å². The maximum absolute atomic E-state index is 12.4. The van der Waals surface area contributed by atoms with Crippen LogP contribution in [0.3, 0.4) is 0 Å². The lowest BCUT2D eigenvalue weighted by Gasteiger charge is -2.35. The Morgan fingerprint density at radius 3 is 1.88 bits per heavy atom. The number of carbonyl (C=O) groups excluding carboxylic acids is 1. The molecular formula is C21H27NO2. The lowest BCUT2D eigenvalue weighted by atomic mass is 9.69. The molecule has 0 saturated carbocycles. The molecule has 0 aliphatic carbocycles. The number of hydrogen-bond acceptors (Lipinski definition) is 3. The van der Waals surface area contributed by atoms with Crippen LogP contribution in [0.2, 0.25) is 0 Å². The maximum Gasteiger partial charge on any atom is 0.307 e. The summed E-state index contributed by atoms with van der Waals surface area (Å²) >= 11 is 0. The number of rotatable bonds is 8. The van der Waals surface area contributed by atoms with Gasteiger partial charge in [-0.2, -0.15) is 0 Å². The Morgan fingerprint density at radius 2 is 1.46 bits per heavy atom. The van der Waals surface area contributed by atoms with Crippen molar-refractivity contribution < 1.29 is 9.53 Å². The Labute approximate surface area is 145 Å². The largest absolute Gasteiger partial charge is 0.466 e. The SMILES string of the molecule is CCOC(=O)CC(CCN(C)C)(c1ccccc1)c1ccccc1. The fourth-order valence-electron chi connectivity index (χ4n) is 3.14. The van der Waals surface area contributed by atoms with Crippen LogP contribution in [0.4, 0.5) is 0 Å². The molecule has 0 fully saturated rings. The first-order valence-corrected chi connectivity index (χ1v) is 8.50. The van der Waals surface area contributed by atoms with Gasteiger partial charge >= 0.3 is 5.97 Å². The molecule has 0 N–H and O–H groups in total. The third kappa shape index (κ3) is 4.45. The van der Waals surface area contributed by atoms with Crippen molar-refractivity contribution in [2.45, 2.75) is 25.2 Å². The van der Waals surface area contributed by atoms with E-state index in [2.05, 4.69) is 43.3 Å². The molecule has 0 heterocycles. The summed E-state index contributed by atoms with van der Waals surface area (Å²) in [6, 6.07) is 20.6. The van der Waals surface area contributed by atoms with Gasteiger partial charge in [0.2, 0.25) is 0 Å². The molecule has 2 aromatic rings. The van der Waals surface area contributed by atoms with Gasteiger partial charge in [-0.1, -0.05) is 60.7 Å². The van der Waals surface area contributed by atoms with Gasteiger partial charge < -0.3 is 9.64 Å². The lowest BCUT2D eigenvalue weighted by Crippen LogP contribution is -2.35. The van der Waals surface area contributed by atoms with Crippen molar-refractivity contribution in [1.82, 2.24) is 4.90 Å². The summed E-state index contributed by atoms with van der Waals surface area (Å²) in [5.41, 5.74) is 1.94. The highest BCUT2D eigenvalue weighted by Gasteiger charge is 2.36. The van der Waals surface area contributed by atoms with Crippen molar-refractivity contribution in [3.63, 3.8) is 0 Å². The second kappa shape index (κ2) is 8.65. The summed E-state index contributed by atoms with van der Waals surface area (Å²) in [5.74, 6) is -0.149. The average Bonchev–Trinajstić information content (AvgIpc) is 2.60. The molecule has 24 heavy (non-hydrogen) atoms. The fraction of sp³-hybridized carbons (Fsp3) is 0.381. The first-order valence-electron chi connectivity index (χ1n) is 8.50. The van der Waals surface area contributed by atoms with E-state index in [4.69, 9.17) is 4.74 Å². The Bertz CT molecular complexity index is 583. The van der Waals surface area contributed by atoms with E-state index < -0.39 is 0 Å². The van der Waals surface area contributed by atoms with E-state index in [9.17, 15) is 4.79 Å². The molecule has 0 amide bonds. The van der Waals surface area contributed by atoms with Gasteiger partial charge in [0.1, 0.15) is 0 Å². The number of ether oxygens (including phenoxy) is 1. The minimum atomic E-state index is -0.376. The predicted molar refractivity (Wildman–Crippen MR) is 98.1 cm³/mol. The molecule has 0 radical (unpaired) electrons. The van der Waals surface area contributed by atoms with Gasteiger partial charge in [-0.3, -0.25) is 4.79 Å². The van der Waals surface area contributed by atoms with Gasteiger partial charge in [-0.15, -0.1) is 0 Å². The molecule has 128 valence electrons. The summed E-state index contributed by atoms with van der Waals surface area (Å²) in [6.45, 7) is 3.15. The number of nitrogens with zero attached hydrogens (tertiary/aromatic N) is 1. The first kappa shape index (κ1) is 18.2. The molecule has 0 saturated heterocycles. The van der Waals surface area contributed by atoms with Crippen LogP contribution in [0.1, 0.15) is 30.9 Å². The summed E-state index contributed by atoms with van der Waals surface area (Å²) in [4.78, 5) is 14.6. The molecular weight excluding hydrogens is 298 g/mol. The average molecular weight is 325 g/mol. The molecule has 0 aliphatic rings. The Balaban J connectivity index is 2.52. The van der Waals surface area contributed by atoms with Crippen LogP contribution < -0.4 is 0 Å². The maximum atomic E-state index is 12.4. The monoisotopic (exact) mass is 325 g/mol. The van der Waals surface area contributed by atoms with E-state index in [1.807, 2.05) is 43.3 Å². The van der Waals surface area contributed by atoms with E-state index in [1.54, 1.807) is 0 Å². The van der Waals surface area contributed by atoms with Crippen LogP contribution in [0.15, 0.2) is 60.7 Å². The molecule has 0 aliphatic heterocycles. The van der Waals surface area contributed by atoms with Crippen molar-refractivity contribution in [2.24, 2.45) is 0 Å². The lowest BCUT2D eigenvalue weighted by molar-refractivity contribution is -0.144. The molecule has 0 bridgehead atoms. The van der Waals surface area contributed by atoms with E-state index in [1.165, 1.54) is 0 Å². The van der Waals surface area contributed by atoms with Crippen molar-refractivity contribution in [2.75, 3.05) is 27.2 Å². The van der Waals surface area contributed by atoms with Crippen LogP contribution in [-0.4, -0.2) is 38.1 Å². The Morgan fingerprint density at radius 1 is 0.958 bits per heavy atom. The van der Waals surface area contributed by atoms with Crippen LogP contribution in [0, 0.1) is 0 Å². The fourth-order valence-corrected chi connectivity index (χ4v) is 3.14. The van der Waals surface area contributed by atoms with Gasteiger partial charge in [0.15, 0.2) is 0 Å². The molecule has 2 rings (SSSR count). The summed E-state index contributed by atoms with van der Waals surface area (Å²) < 4.78 is 5.29. The molecule has 3 nitrogen and oxygen atoms in total. The number of esters is 1. The minimum absolute atomic E-state index is 0.149. The first-order chi connectivity index (χ1) is 11.6. The van der Waals surface area contributed by atoms with Crippen molar-refractivity contribution in [3.05, 3.63) is 71.8 Å². The van der Waals surface area contributed by atoms with E-state index in [0.717, 1.165) is 24.1 Å². The zero-order chi connectivity index (χ0) is 17.4. The van der Waals surface area contributed by atoms with Gasteiger partial charge in [-0.25, -0.2) is 0 Å². The highest BCUT2D eigenvalue weighted by Crippen LogP contribution is 2.39. The highest BCUT2D eigenvalue weighted by molar-refractivity contribution is 5.73. The zero-order valence-corrected chi connectivity index (χ0v) is 14.9. The van der Waals surface area contributed by atoms with Gasteiger partial charge in [0, 0.05) is 5.41 Å². The van der Waals surface area contributed by atoms with Crippen LogP contribution in [0.5, 0.6) is 0 Å². The van der Waals surface area contributed by atoms with E-state index in [0.29, 0.717) is 13.0 Å². The molecule has 0 unspecified atom stereocenters. The topological polar surface area (TPSA) is 29.5 Å². The third-order valence-corrected chi connectivity index (χ3v) is 4.39. The summed E-state index contributed by atoms with van der Waals surface area (Å²) in [5, 5.41) is 0. The van der Waals surface area contributed by atoms with Crippen molar-refractivity contribution >= 4 is 5.97 Å².